The second kappa shape index (κ2) is 9.09. The van der Waals surface area contributed by atoms with Crippen LogP contribution in [0.3, 0.4) is 0 Å². The Labute approximate surface area is 159 Å². The standard InChI is InChI=1S/C19H20N2O5S/c1-3-27(25)16-7-5-4-6-15(16)19(24)26-12(2)18(23)21-14-10-8-13(9-11-14)17(20)22/h4-12H,3H2,1-2H3,(H2,20,22)(H,21,23)/t12-,27+/m0/s1. The molecule has 0 heterocycles. The van der Waals surface area contributed by atoms with E-state index in [0.717, 1.165) is 0 Å². The number of anilines is 1. The van der Waals surface area contributed by atoms with E-state index in [1.165, 1.54) is 37.3 Å². The van der Waals surface area contributed by atoms with Gasteiger partial charge in [-0.05, 0) is 43.3 Å². The molecule has 27 heavy (non-hydrogen) atoms. The Balaban J connectivity index is 2.05. The van der Waals surface area contributed by atoms with Crippen LogP contribution in [0, 0.1) is 0 Å². The second-order valence-electron chi connectivity index (χ2n) is 5.61. The molecule has 0 radical (unpaired) electrons. The molecule has 2 aromatic rings. The van der Waals surface area contributed by atoms with Crippen molar-refractivity contribution >= 4 is 34.3 Å². The summed E-state index contributed by atoms with van der Waals surface area (Å²) >= 11 is 0. The zero-order valence-electron chi connectivity index (χ0n) is 14.9. The Hall–Kier alpha value is -3.00. The van der Waals surface area contributed by atoms with E-state index in [1.54, 1.807) is 25.1 Å². The van der Waals surface area contributed by atoms with Crippen LogP contribution in [0.5, 0.6) is 0 Å². The van der Waals surface area contributed by atoms with Gasteiger partial charge in [-0.15, -0.1) is 0 Å². The summed E-state index contributed by atoms with van der Waals surface area (Å²) in [6, 6.07) is 12.4. The molecular formula is C19H20N2O5S. The number of carbonyl (C=O) groups excluding carboxylic acids is 3. The van der Waals surface area contributed by atoms with Crippen LogP contribution in [0.4, 0.5) is 5.69 Å². The lowest BCUT2D eigenvalue weighted by Crippen LogP contribution is -2.30. The molecule has 0 fully saturated rings. The van der Waals surface area contributed by atoms with Gasteiger partial charge in [-0.2, -0.15) is 0 Å². The highest BCUT2D eigenvalue weighted by molar-refractivity contribution is 7.85. The van der Waals surface area contributed by atoms with Crippen LogP contribution in [0.25, 0.3) is 0 Å². The Morgan fingerprint density at radius 2 is 1.74 bits per heavy atom. The maximum absolute atomic E-state index is 12.4. The van der Waals surface area contributed by atoms with E-state index in [0.29, 0.717) is 21.9 Å². The Kier molecular flexibility index (Phi) is 6.84. The van der Waals surface area contributed by atoms with E-state index < -0.39 is 34.7 Å². The largest absolute Gasteiger partial charge is 0.449 e. The van der Waals surface area contributed by atoms with Gasteiger partial charge in [-0.25, -0.2) is 4.79 Å². The zero-order chi connectivity index (χ0) is 20.0. The van der Waals surface area contributed by atoms with Crippen molar-refractivity contribution in [3.05, 3.63) is 59.7 Å². The van der Waals surface area contributed by atoms with Gasteiger partial charge in [-0.1, -0.05) is 19.1 Å². The molecule has 0 aromatic heterocycles. The average molecular weight is 388 g/mol. The van der Waals surface area contributed by atoms with E-state index in [9.17, 15) is 18.6 Å². The normalized spacial score (nSPS) is 12.7. The van der Waals surface area contributed by atoms with Crippen molar-refractivity contribution in [2.45, 2.75) is 24.8 Å². The fraction of sp³-hybridized carbons (Fsp3) is 0.211. The fourth-order valence-electron chi connectivity index (χ4n) is 2.23. The quantitative estimate of drug-likeness (QED) is 0.705. The molecule has 2 amide bonds. The Bertz CT molecular complexity index is 880. The van der Waals surface area contributed by atoms with Crippen LogP contribution in [-0.2, 0) is 20.3 Å². The lowest BCUT2D eigenvalue weighted by Gasteiger charge is -2.15. The van der Waals surface area contributed by atoms with Gasteiger partial charge < -0.3 is 15.8 Å². The van der Waals surface area contributed by atoms with E-state index in [2.05, 4.69) is 5.32 Å². The molecule has 0 aliphatic rings. The smallest absolute Gasteiger partial charge is 0.340 e. The minimum absolute atomic E-state index is 0.170. The predicted octanol–water partition coefficient (Wildman–Crippen LogP) is 2.10. The van der Waals surface area contributed by atoms with E-state index in [4.69, 9.17) is 10.5 Å². The predicted molar refractivity (Wildman–Crippen MR) is 102 cm³/mol. The van der Waals surface area contributed by atoms with Gasteiger partial charge in [0, 0.05) is 17.0 Å². The van der Waals surface area contributed by atoms with Crippen LogP contribution in [-0.4, -0.2) is 33.8 Å². The summed E-state index contributed by atoms with van der Waals surface area (Å²) in [5.74, 6) is -1.47. The third-order valence-corrected chi connectivity index (χ3v) is 5.08. The molecule has 0 saturated heterocycles. The summed E-state index contributed by atoms with van der Waals surface area (Å²) in [4.78, 5) is 36.0. The number of primary amides is 1. The number of amides is 2. The number of nitrogens with two attached hydrogens (primary N) is 1. The number of hydrogen-bond acceptors (Lipinski definition) is 5. The van der Waals surface area contributed by atoms with E-state index in [1.807, 2.05) is 0 Å². The summed E-state index contributed by atoms with van der Waals surface area (Å²) in [7, 11) is -1.32. The number of rotatable bonds is 7. The molecule has 2 aromatic carbocycles. The first-order valence-electron chi connectivity index (χ1n) is 8.22. The van der Waals surface area contributed by atoms with Gasteiger partial charge >= 0.3 is 5.97 Å². The minimum Gasteiger partial charge on any atom is -0.449 e. The highest BCUT2D eigenvalue weighted by Crippen LogP contribution is 2.16. The van der Waals surface area contributed by atoms with Crippen LogP contribution >= 0.6 is 0 Å². The molecular weight excluding hydrogens is 368 g/mol. The summed E-state index contributed by atoms with van der Waals surface area (Å²) < 4.78 is 17.3. The van der Waals surface area contributed by atoms with Crippen molar-refractivity contribution in [3.8, 4) is 0 Å². The maximum atomic E-state index is 12.4. The third kappa shape index (κ3) is 5.24. The molecule has 7 nitrogen and oxygen atoms in total. The molecule has 3 N–H and O–H groups in total. The van der Waals surface area contributed by atoms with Crippen molar-refractivity contribution in [2.24, 2.45) is 5.73 Å². The SMILES string of the molecule is CC[S@@](=O)c1ccccc1C(=O)O[C@@H](C)C(=O)Nc1ccc(C(N)=O)cc1. The van der Waals surface area contributed by atoms with Gasteiger partial charge in [0.1, 0.15) is 0 Å². The molecule has 0 aliphatic heterocycles. The van der Waals surface area contributed by atoms with Crippen molar-refractivity contribution < 1.29 is 23.3 Å². The monoisotopic (exact) mass is 388 g/mol. The third-order valence-electron chi connectivity index (χ3n) is 3.70. The number of hydrogen-bond donors (Lipinski definition) is 2. The summed E-state index contributed by atoms with van der Waals surface area (Å²) in [6.45, 7) is 3.18. The molecule has 2 atom stereocenters. The molecule has 0 bridgehead atoms. The highest BCUT2D eigenvalue weighted by Gasteiger charge is 2.22. The van der Waals surface area contributed by atoms with Gasteiger partial charge in [0.2, 0.25) is 5.91 Å². The number of carbonyl (C=O) groups is 3. The lowest BCUT2D eigenvalue weighted by molar-refractivity contribution is -0.123. The van der Waals surface area contributed by atoms with Crippen molar-refractivity contribution in [1.82, 2.24) is 0 Å². The molecule has 0 saturated carbocycles. The Morgan fingerprint density at radius 1 is 1.11 bits per heavy atom. The number of nitrogens with one attached hydrogen (secondary N) is 1. The lowest BCUT2D eigenvalue weighted by atomic mass is 10.2. The van der Waals surface area contributed by atoms with Crippen molar-refractivity contribution in [3.63, 3.8) is 0 Å². The average Bonchev–Trinajstić information content (AvgIpc) is 2.67. The summed E-state index contributed by atoms with van der Waals surface area (Å²) in [5.41, 5.74) is 6.07. The number of ether oxygens (including phenoxy) is 1. The first-order valence-corrected chi connectivity index (χ1v) is 9.54. The Morgan fingerprint density at radius 3 is 2.33 bits per heavy atom. The molecule has 8 heteroatoms. The molecule has 2 rings (SSSR count). The second-order valence-corrected chi connectivity index (χ2v) is 7.32. The van der Waals surface area contributed by atoms with E-state index in [-0.39, 0.29) is 5.56 Å². The van der Waals surface area contributed by atoms with Crippen LogP contribution in [0.1, 0.15) is 34.6 Å². The molecule has 0 spiro atoms. The van der Waals surface area contributed by atoms with E-state index >= 15 is 0 Å². The zero-order valence-corrected chi connectivity index (χ0v) is 15.7. The van der Waals surface area contributed by atoms with Gasteiger partial charge in [-0.3, -0.25) is 13.8 Å². The van der Waals surface area contributed by atoms with Gasteiger partial charge in [0.05, 0.1) is 21.3 Å². The molecule has 0 unspecified atom stereocenters. The first kappa shape index (κ1) is 20.3. The summed E-state index contributed by atoms with van der Waals surface area (Å²) in [6.07, 6.45) is -1.07. The fourth-order valence-corrected chi connectivity index (χ4v) is 3.17. The number of benzene rings is 2. The van der Waals surface area contributed by atoms with Crippen molar-refractivity contribution in [2.75, 3.05) is 11.1 Å². The van der Waals surface area contributed by atoms with Crippen molar-refractivity contribution in [1.29, 1.82) is 0 Å². The van der Waals surface area contributed by atoms with Gasteiger partial charge in [0.15, 0.2) is 6.10 Å². The molecule has 0 aliphatic carbocycles. The maximum Gasteiger partial charge on any atom is 0.340 e. The van der Waals surface area contributed by atoms with Gasteiger partial charge in [0.25, 0.3) is 5.91 Å². The van der Waals surface area contributed by atoms with Crippen LogP contribution < -0.4 is 11.1 Å². The highest BCUT2D eigenvalue weighted by atomic mass is 32.2. The van der Waals surface area contributed by atoms with Crippen LogP contribution in [0.15, 0.2) is 53.4 Å². The topological polar surface area (TPSA) is 116 Å². The van der Waals surface area contributed by atoms with Crippen LogP contribution in [0.2, 0.25) is 0 Å². The minimum atomic E-state index is -1.32. The molecule has 142 valence electrons. The number of esters is 1. The summed E-state index contributed by atoms with van der Waals surface area (Å²) in [5, 5.41) is 2.58. The first-order chi connectivity index (χ1) is 12.8.